The second-order valence-electron chi connectivity index (χ2n) is 18.0. The minimum atomic E-state index is 0.328. The molecular weight excluding hydrogens is 1010 g/mol. The van der Waals surface area contributed by atoms with E-state index < -0.39 is 0 Å². The zero-order valence-electron chi connectivity index (χ0n) is 40.4. The van der Waals surface area contributed by atoms with Crippen molar-refractivity contribution in [3.05, 3.63) is 200 Å². The summed E-state index contributed by atoms with van der Waals surface area (Å²) in [6.07, 6.45) is 0. The zero-order chi connectivity index (χ0) is 51.2. The number of aromatic nitrogens is 8. The van der Waals surface area contributed by atoms with Crippen LogP contribution in [0.3, 0.4) is 0 Å². The van der Waals surface area contributed by atoms with E-state index in [1.165, 1.54) is 22.7 Å². The molecule has 0 aliphatic rings. The smallest absolute Gasteiger partial charge is 0.235 e. The topological polar surface area (TPSA) is 175 Å². The average Bonchev–Trinajstić information content (AvgIpc) is 4.04. The highest BCUT2D eigenvalue weighted by atomic mass is 32.2. The maximum atomic E-state index is 5.10. The van der Waals surface area contributed by atoms with Gasteiger partial charge in [0.2, 0.25) is 35.7 Å². The Morgan fingerprint density at radius 2 is 0.792 bits per heavy atom. The number of fused-ring (bicyclic) bond motifs is 6. The van der Waals surface area contributed by atoms with Gasteiger partial charge in [0.25, 0.3) is 0 Å². The molecule has 0 unspecified atom stereocenters. The summed E-state index contributed by atoms with van der Waals surface area (Å²) < 4.78 is 2.68. The first-order valence-electron chi connectivity index (χ1n) is 24.5. The molecule has 14 rings (SSSR count). The number of nitrogens with one attached hydrogen (secondary N) is 6. The van der Waals surface area contributed by atoms with Crippen LogP contribution in [0.2, 0.25) is 0 Å². The van der Waals surface area contributed by atoms with Crippen molar-refractivity contribution < 1.29 is 0 Å². The molecule has 0 atom stereocenters. The van der Waals surface area contributed by atoms with Gasteiger partial charge in [0, 0.05) is 50.0 Å². The van der Waals surface area contributed by atoms with Gasteiger partial charge in [-0.1, -0.05) is 157 Å². The van der Waals surface area contributed by atoms with Gasteiger partial charge < -0.3 is 26.6 Å². The lowest BCUT2D eigenvalue weighted by Gasteiger charge is -2.15. The van der Waals surface area contributed by atoms with Crippen LogP contribution in [0.1, 0.15) is 0 Å². The van der Waals surface area contributed by atoms with Gasteiger partial charge >= 0.3 is 0 Å². The summed E-state index contributed by atoms with van der Waals surface area (Å²) in [5, 5.41) is 30.0. The van der Waals surface area contributed by atoms with Crippen LogP contribution < -0.4 is 31.9 Å². The highest BCUT2D eigenvalue weighted by Gasteiger charge is 2.17. The van der Waals surface area contributed by atoms with Crippen LogP contribution in [0.15, 0.2) is 205 Å². The Balaban J connectivity index is 0.796. The third-order valence-corrected chi connectivity index (χ3v) is 15.2. The third kappa shape index (κ3) is 9.31. The molecule has 4 heterocycles. The second-order valence-corrected chi connectivity index (χ2v) is 20.8. The fourth-order valence-corrected chi connectivity index (χ4v) is 11.6. The molecule has 10 aromatic carbocycles. The van der Waals surface area contributed by atoms with Gasteiger partial charge in [-0.3, -0.25) is 5.32 Å². The summed E-state index contributed by atoms with van der Waals surface area (Å²) in [4.78, 5) is 39.0. The SMILES string of the molecule is Sc1nc2ccc(Nc3nc(Nc4cccc5ccccc45)nc(Nc4cccc5cccc(-c6ccc7sc(Nc8nc(Nc9cccc%10ccccc9%10)nc(Nc9cccc%10ccccc9%10)n8)nc7c6)c45)n3)cc2s1. The van der Waals surface area contributed by atoms with Gasteiger partial charge in [-0.25, -0.2) is 9.97 Å². The van der Waals surface area contributed by atoms with E-state index >= 15 is 0 Å². The first-order chi connectivity index (χ1) is 37.9. The van der Waals surface area contributed by atoms with E-state index in [1.807, 2.05) is 103 Å². The highest BCUT2D eigenvalue weighted by molar-refractivity contribution is 7.82. The molecular formula is C60H40N14S3. The van der Waals surface area contributed by atoms with Crippen molar-refractivity contribution in [3.63, 3.8) is 0 Å². The minimum Gasteiger partial charge on any atom is -0.324 e. The molecule has 77 heavy (non-hydrogen) atoms. The molecule has 0 aliphatic heterocycles. The first kappa shape index (κ1) is 45.8. The lowest BCUT2D eigenvalue weighted by atomic mass is 9.97. The number of nitrogens with zero attached hydrogens (tertiary/aromatic N) is 8. The molecule has 6 N–H and O–H groups in total. The van der Waals surface area contributed by atoms with E-state index in [0.717, 1.165) is 103 Å². The maximum Gasteiger partial charge on any atom is 0.235 e. The molecule has 0 amide bonds. The van der Waals surface area contributed by atoms with Crippen LogP contribution in [0.4, 0.5) is 69.3 Å². The van der Waals surface area contributed by atoms with Gasteiger partial charge in [0.05, 0.1) is 20.4 Å². The summed E-state index contributed by atoms with van der Waals surface area (Å²) in [6, 6.07) is 67.7. The summed E-state index contributed by atoms with van der Waals surface area (Å²) in [6.45, 7) is 0. The van der Waals surface area contributed by atoms with Crippen molar-refractivity contribution in [1.82, 2.24) is 39.9 Å². The first-order valence-corrected chi connectivity index (χ1v) is 26.6. The van der Waals surface area contributed by atoms with E-state index in [0.29, 0.717) is 45.2 Å². The van der Waals surface area contributed by atoms with E-state index in [2.05, 4.69) is 147 Å². The minimum absolute atomic E-state index is 0.328. The second kappa shape index (κ2) is 19.5. The molecule has 0 saturated carbocycles. The predicted octanol–water partition coefficient (Wildman–Crippen LogP) is 16.3. The summed E-state index contributed by atoms with van der Waals surface area (Å²) >= 11 is 7.51. The maximum absolute atomic E-state index is 5.10. The van der Waals surface area contributed by atoms with Crippen molar-refractivity contribution in [2.24, 2.45) is 0 Å². The largest absolute Gasteiger partial charge is 0.324 e. The average molecular weight is 1050 g/mol. The Hall–Kier alpha value is -9.81. The molecule has 0 bridgehead atoms. The Morgan fingerprint density at radius 1 is 0.325 bits per heavy atom. The zero-order valence-corrected chi connectivity index (χ0v) is 42.9. The van der Waals surface area contributed by atoms with E-state index in [9.17, 15) is 0 Å². The van der Waals surface area contributed by atoms with Crippen molar-refractivity contribution in [2.75, 3.05) is 31.9 Å². The molecule has 14 aromatic rings. The highest BCUT2D eigenvalue weighted by Crippen LogP contribution is 2.39. The molecule has 14 nitrogen and oxygen atoms in total. The van der Waals surface area contributed by atoms with Gasteiger partial charge in [0.1, 0.15) is 4.34 Å². The summed E-state index contributed by atoms with van der Waals surface area (Å²) in [7, 11) is 0. The van der Waals surface area contributed by atoms with E-state index in [4.69, 9.17) is 34.9 Å². The van der Waals surface area contributed by atoms with Gasteiger partial charge in [-0.15, -0.1) is 24.0 Å². The van der Waals surface area contributed by atoms with Crippen LogP contribution in [0.5, 0.6) is 0 Å². The van der Waals surface area contributed by atoms with Gasteiger partial charge in [-0.05, 0) is 87.3 Å². The number of anilines is 12. The van der Waals surface area contributed by atoms with Crippen molar-refractivity contribution >= 4 is 168 Å². The Kier molecular flexibility index (Phi) is 11.6. The number of thiazole rings is 2. The number of thiol groups is 1. The van der Waals surface area contributed by atoms with Crippen LogP contribution in [-0.2, 0) is 0 Å². The number of hydrogen-bond acceptors (Lipinski definition) is 17. The fourth-order valence-electron chi connectivity index (χ4n) is 9.62. The van der Waals surface area contributed by atoms with Crippen LogP contribution >= 0.6 is 35.3 Å². The lowest BCUT2D eigenvalue weighted by molar-refractivity contribution is 1.06. The van der Waals surface area contributed by atoms with Crippen LogP contribution in [0.25, 0.3) is 74.6 Å². The number of hydrogen-bond donors (Lipinski definition) is 7. The van der Waals surface area contributed by atoms with Gasteiger partial charge in [-0.2, -0.15) is 29.9 Å². The monoisotopic (exact) mass is 1050 g/mol. The molecule has 17 heteroatoms. The third-order valence-electron chi connectivity index (χ3n) is 13.1. The Labute approximate surface area is 452 Å². The lowest BCUT2D eigenvalue weighted by Crippen LogP contribution is -2.08. The molecule has 0 saturated heterocycles. The summed E-state index contributed by atoms with van der Waals surface area (Å²) in [5.74, 6) is 2.13. The number of rotatable bonds is 13. The standard InChI is InChI=1S/C60H40N14S3/c75-60-67-47-30-29-39(33-51(47)77-60)61-53-68-54(62-44-24-8-15-34-12-1-4-20-40(34)44)71-57(69-53)65-48-27-11-19-37-18-7-23-43(52(37)48)38-28-31-50-49(32-38)66-59(76-50)74-58-72-55(63-45-25-9-16-35-13-2-5-21-41(35)45)70-56(73-58)64-46-26-10-17-36-14-3-6-22-42(36)46/h1-33H,(H,67,75)(H3,61,62,65,68,69,71)(H3,63,64,66,70,72,73,74). The van der Waals surface area contributed by atoms with E-state index in [1.54, 1.807) is 0 Å². The quantitative estimate of drug-likeness (QED) is 0.0543. The number of benzene rings is 10. The molecule has 4 aromatic heterocycles. The van der Waals surface area contributed by atoms with Crippen molar-refractivity contribution in [1.29, 1.82) is 0 Å². The summed E-state index contributed by atoms with van der Waals surface area (Å²) in [5.41, 5.74) is 7.91. The molecule has 0 spiro atoms. The Morgan fingerprint density at radius 3 is 1.36 bits per heavy atom. The van der Waals surface area contributed by atoms with Crippen LogP contribution in [0, 0.1) is 0 Å². The van der Waals surface area contributed by atoms with Crippen LogP contribution in [-0.4, -0.2) is 39.9 Å². The van der Waals surface area contributed by atoms with Crippen molar-refractivity contribution in [3.8, 4) is 11.1 Å². The molecule has 368 valence electrons. The van der Waals surface area contributed by atoms with E-state index in [-0.39, 0.29) is 0 Å². The Bertz CT molecular complexity index is 4480. The molecule has 0 aliphatic carbocycles. The molecule has 0 fully saturated rings. The fraction of sp³-hybridized carbons (Fsp3) is 0. The van der Waals surface area contributed by atoms with Gasteiger partial charge in [0.15, 0.2) is 5.13 Å². The van der Waals surface area contributed by atoms with Crippen molar-refractivity contribution in [2.45, 2.75) is 4.34 Å². The molecule has 0 radical (unpaired) electrons. The predicted molar refractivity (Wildman–Crippen MR) is 321 cm³/mol. The normalized spacial score (nSPS) is 11.4.